The van der Waals surface area contributed by atoms with E-state index >= 15 is 0 Å². The van der Waals surface area contributed by atoms with Crippen molar-refractivity contribution in [3.8, 4) is 0 Å². The quantitative estimate of drug-likeness (QED) is 0.712. The van der Waals surface area contributed by atoms with Gasteiger partial charge in [0.05, 0.1) is 0 Å². The highest BCUT2D eigenvalue weighted by Crippen LogP contribution is 2.24. The molecule has 154 valence electrons. The highest BCUT2D eigenvalue weighted by atomic mass is 32.2. The first-order valence-corrected chi connectivity index (χ1v) is 11.0. The van der Waals surface area contributed by atoms with Gasteiger partial charge in [0.2, 0.25) is 10.0 Å². The Kier molecular flexibility index (Phi) is 5.62. The first-order valence-electron chi connectivity index (χ1n) is 9.36. The van der Waals surface area contributed by atoms with Gasteiger partial charge in [0.15, 0.2) is 0 Å². The van der Waals surface area contributed by atoms with Crippen LogP contribution in [0.2, 0.25) is 0 Å². The standard InChI is InChI=1S/C18H26N4O5S/c1-18(2,3)22-10-12(16(23)20-17(22)24)9-19-28(25,26)11-14-13-7-5-4-6-8-15(13)27-21-14/h10,19H,4-9,11H2,1-3H3,(H,20,23,24). The van der Waals surface area contributed by atoms with Crippen LogP contribution in [0.1, 0.15) is 62.6 Å². The van der Waals surface area contributed by atoms with Crippen molar-refractivity contribution in [2.45, 2.75) is 70.7 Å². The van der Waals surface area contributed by atoms with Crippen molar-refractivity contribution >= 4 is 10.0 Å². The van der Waals surface area contributed by atoms with Gasteiger partial charge in [0.1, 0.15) is 17.2 Å². The maximum Gasteiger partial charge on any atom is 0.328 e. The van der Waals surface area contributed by atoms with E-state index < -0.39 is 26.8 Å². The van der Waals surface area contributed by atoms with E-state index in [1.54, 1.807) is 0 Å². The van der Waals surface area contributed by atoms with E-state index in [9.17, 15) is 18.0 Å². The number of rotatable bonds is 5. The molecule has 1 aliphatic carbocycles. The lowest BCUT2D eigenvalue weighted by atomic mass is 10.1. The van der Waals surface area contributed by atoms with Crippen LogP contribution in [0.25, 0.3) is 0 Å². The number of aromatic nitrogens is 3. The van der Waals surface area contributed by atoms with E-state index in [0.29, 0.717) is 5.69 Å². The summed E-state index contributed by atoms with van der Waals surface area (Å²) in [6.07, 6.45) is 6.02. The van der Waals surface area contributed by atoms with Crippen molar-refractivity contribution in [3.63, 3.8) is 0 Å². The molecule has 2 N–H and O–H groups in total. The molecule has 9 nitrogen and oxygen atoms in total. The smallest absolute Gasteiger partial charge is 0.328 e. The van der Waals surface area contributed by atoms with Crippen molar-refractivity contribution in [2.24, 2.45) is 0 Å². The number of hydrogen-bond donors (Lipinski definition) is 2. The first-order chi connectivity index (χ1) is 13.1. The summed E-state index contributed by atoms with van der Waals surface area (Å²) in [4.78, 5) is 26.3. The molecule has 0 spiro atoms. The lowest BCUT2D eigenvalue weighted by molar-refractivity contribution is 0.374. The molecule has 1 aliphatic rings. The number of sulfonamides is 1. The number of H-pyrrole nitrogens is 1. The molecule has 0 atom stereocenters. The van der Waals surface area contributed by atoms with E-state index in [0.717, 1.165) is 43.4 Å². The maximum absolute atomic E-state index is 12.5. The van der Waals surface area contributed by atoms with Crippen molar-refractivity contribution < 1.29 is 12.9 Å². The summed E-state index contributed by atoms with van der Waals surface area (Å²) in [5.41, 5.74) is -0.206. The van der Waals surface area contributed by atoms with Gasteiger partial charge in [-0.1, -0.05) is 11.6 Å². The van der Waals surface area contributed by atoms with Gasteiger partial charge < -0.3 is 4.52 Å². The van der Waals surface area contributed by atoms with Gasteiger partial charge in [-0.25, -0.2) is 17.9 Å². The molecule has 2 heterocycles. The van der Waals surface area contributed by atoms with Gasteiger partial charge in [-0.15, -0.1) is 0 Å². The van der Waals surface area contributed by atoms with Gasteiger partial charge in [0, 0.05) is 35.8 Å². The summed E-state index contributed by atoms with van der Waals surface area (Å²) >= 11 is 0. The van der Waals surface area contributed by atoms with Crippen molar-refractivity contribution in [2.75, 3.05) is 0 Å². The minimum atomic E-state index is -3.74. The van der Waals surface area contributed by atoms with E-state index in [1.165, 1.54) is 10.8 Å². The van der Waals surface area contributed by atoms with Gasteiger partial charge in [-0.05, 0) is 40.0 Å². The second kappa shape index (κ2) is 7.67. The van der Waals surface area contributed by atoms with Crippen LogP contribution in [0.5, 0.6) is 0 Å². The molecule has 0 unspecified atom stereocenters. The fourth-order valence-electron chi connectivity index (χ4n) is 3.29. The summed E-state index contributed by atoms with van der Waals surface area (Å²) in [5, 5.41) is 3.95. The van der Waals surface area contributed by atoms with Crippen molar-refractivity contribution in [3.05, 3.63) is 49.6 Å². The third-order valence-electron chi connectivity index (χ3n) is 4.83. The molecule has 10 heteroatoms. The molecule has 2 aromatic rings. The average molecular weight is 410 g/mol. The van der Waals surface area contributed by atoms with Gasteiger partial charge >= 0.3 is 5.69 Å². The Balaban J connectivity index is 1.77. The maximum atomic E-state index is 12.5. The van der Waals surface area contributed by atoms with E-state index in [1.807, 2.05) is 20.8 Å². The zero-order valence-corrected chi connectivity index (χ0v) is 17.2. The van der Waals surface area contributed by atoms with Crippen LogP contribution in [-0.4, -0.2) is 23.1 Å². The Morgan fingerprint density at radius 3 is 2.64 bits per heavy atom. The number of aromatic amines is 1. The molecular weight excluding hydrogens is 384 g/mol. The van der Waals surface area contributed by atoms with Crippen LogP contribution in [-0.2, 0) is 40.7 Å². The van der Waals surface area contributed by atoms with Crippen LogP contribution < -0.4 is 16.0 Å². The Morgan fingerprint density at radius 2 is 1.93 bits per heavy atom. The number of fused-ring (bicyclic) bond motifs is 1. The molecule has 0 aromatic carbocycles. The second-order valence-corrected chi connectivity index (χ2v) is 9.93. The predicted molar refractivity (Wildman–Crippen MR) is 104 cm³/mol. The van der Waals surface area contributed by atoms with Crippen LogP contribution in [0, 0.1) is 0 Å². The predicted octanol–water partition coefficient (Wildman–Crippen LogP) is 1.17. The number of aryl methyl sites for hydroxylation is 1. The number of hydrogen-bond acceptors (Lipinski definition) is 6. The normalized spacial score (nSPS) is 15.2. The molecule has 0 fully saturated rings. The molecule has 2 aromatic heterocycles. The zero-order chi connectivity index (χ0) is 20.5. The minimum absolute atomic E-state index is 0.164. The third kappa shape index (κ3) is 4.61. The summed E-state index contributed by atoms with van der Waals surface area (Å²) in [6.45, 7) is 5.24. The fraction of sp³-hybridized carbons (Fsp3) is 0.611. The monoisotopic (exact) mass is 410 g/mol. The van der Waals surface area contributed by atoms with Crippen molar-refractivity contribution in [1.82, 2.24) is 19.4 Å². The summed E-state index contributed by atoms with van der Waals surface area (Å²) in [7, 11) is -3.74. The van der Waals surface area contributed by atoms with Crippen LogP contribution >= 0.6 is 0 Å². The lowest BCUT2D eigenvalue weighted by Crippen LogP contribution is -2.40. The second-order valence-electron chi connectivity index (χ2n) is 8.13. The first kappa shape index (κ1) is 20.5. The summed E-state index contributed by atoms with van der Waals surface area (Å²) in [5.74, 6) is 0.472. The molecule has 0 saturated carbocycles. The van der Waals surface area contributed by atoms with Gasteiger partial charge in [-0.3, -0.25) is 14.3 Å². The Hall–Kier alpha value is -2.20. The average Bonchev–Trinajstić information content (AvgIpc) is 2.79. The largest absolute Gasteiger partial charge is 0.361 e. The fourth-order valence-corrected chi connectivity index (χ4v) is 4.36. The number of nitrogens with zero attached hydrogens (tertiary/aromatic N) is 2. The zero-order valence-electron chi connectivity index (χ0n) is 16.4. The topological polar surface area (TPSA) is 127 Å². The molecule has 28 heavy (non-hydrogen) atoms. The Bertz CT molecular complexity index is 1070. The molecule has 0 saturated heterocycles. The van der Waals surface area contributed by atoms with E-state index in [4.69, 9.17) is 4.52 Å². The van der Waals surface area contributed by atoms with Crippen molar-refractivity contribution in [1.29, 1.82) is 0 Å². The van der Waals surface area contributed by atoms with Gasteiger partial charge in [-0.2, -0.15) is 0 Å². The highest BCUT2D eigenvalue weighted by Gasteiger charge is 2.23. The van der Waals surface area contributed by atoms with E-state index in [2.05, 4.69) is 14.9 Å². The Morgan fingerprint density at radius 1 is 1.21 bits per heavy atom. The van der Waals surface area contributed by atoms with E-state index in [-0.39, 0.29) is 17.9 Å². The SMILES string of the molecule is CC(C)(C)n1cc(CNS(=O)(=O)Cc2noc3c2CCCCC3)c(=O)[nH]c1=O. The van der Waals surface area contributed by atoms with Crippen LogP contribution in [0.3, 0.4) is 0 Å². The highest BCUT2D eigenvalue weighted by molar-refractivity contribution is 7.88. The number of nitrogens with one attached hydrogen (secondary N) is 2. The summed E-state index contributed by atoms with van der Waals surface area (Å²) in [6, 6.07) is 0. The third-order valence-corrected chi connectivity index (χ3v) is 6.07. The Labute approximate surface area is 163 Å². The molecule has 0 bridgehead atoms. The molecule has 0 radical (unpaired) electrons. The molecule has 3 rings (SSSR count). The van der Waals surface area contributed by atoms with Gasteiger partial charge in [0.25, 0.3) is 5.56 Å². The molecule has 0 amide bonds. The minimum Gasteiger partial charge on any atom is -0.361 e. The summed E-state index contributed by atoms with van der Waals surface area (Å²) < 4.78 is 34.2. The van der Waals surface area contributed by atoms with Crippen LogP contribution in [0.15, 0.2) is 20.3 Å². The lowest BCUT2D eigenvalue weighted by Gasteiger charge is -2.22. The van der Waals surface area contributed by atoms with Crippen LogP contribution in [0.4, 0.5) is 0 Å². The molecular formula is C18H26N4O5S. The molecule has 0 aliphatic heterocycles.